The van der Waals surface area contributed by atoms with Crippen LogP contribution in [-0.4, -0.2) is 17.7 Å². The zero-order chi connectivity index (χ0) is 14.6. The number of anilines is 1. The number of urea groups is 1. The summed E-state index contributed by atoms with van der Waals surface area (Å²) in [5, 5.41) is 6.01. The monoisotopic (exact) mass is 284 g/mol. The van der Waals surface area contributed by atoms with E-state index < -0.39 is 0 Å². The Morgan fingerprint density at radius 1 is 1.32 bits per heavy atom. The number of hydrogen-bond donors (Lipinski definition) is 2. The number of nitrogens with one attached hydrogen (secondary N) is 2. The van der Waals surface area contributed by atoms with Gasteiger partial charge in [-0.05, 0) is 52.8 Å². The zero-order valence-electron chi connectivity index (χ0n) is 12.0. The van der Waals surface area contributed by atoms with E-state index in [1.54, 1.807) is 18.2 Å². The average Bonchev–Trinajstić information content (AvgIpc) is 2.18. The molecule has 19 heavy (non-hydrogen) atoms. The highest BCUT2D eigenvalue weighted by Crippen LogP contribution is 2.28. The van der Waals surface area contributed by atoms with Gasteiger partial charge in [-0.15, -0.1) is 0 Å². The number of hydrogen-bond acceptors (Lipinski definition) is 2. The normalized spacial score (nSPS) is 11.3. The molecule has 0 saturated carbocycles. The highest BCUT2D eigenvalue weighted by molar-refractivity contribution is 6.32. The molecular weight excluding hydrogens is 264 g/mol. The molecule has 0 heterocycles. The Morgan fingerprint density at radius 2 is 1.95 bits per heavy atom. The van der Waals surface area contributed by atoms with E-state index in [1.807, 2.05) is 34.6 Å². The van der Waals surface area contributed by atoms with Gasteiger partial charge in [-0.2, -0.15) is 0 Å². The maximum Gasteiger partial charge on any atom is 0.319 e. The molecule has 0 radical (unpaired) electrons. The highest BCUT2D eigenvalue weighted by Gasteiger charge is 2.14. The molecule has 0 bridgehead atoms. The maximum atomic E-state index is 11.7. The summed E-state index contributed by atoms with van der Waals surface area (Å²) >= 11 is 6.09. The third kappa shape index (κ3) is 5.83. The fourth-order valence-corrected chi connectivity index (χ4v) is 1.66. The standard InChI is InChI=1S/C14H21ClN2O2/c1-9(2)19-12-7-6-10(8-11(12)15)16-13(18)17-14(3,4)5/h6-9H,1-5H3,(H2,16,17,18). The summed E-state index contributed by atoms with van der Waals surface area (Å²) in [6.07, 6.45) is 0.0560. The number of halogens is 1. The van der Waals surface area contributed by atoms with Crippen LogP contribution in [0.5, 0.6) is 5.75 Å². The van der Waals surface area contributed by atoms with Gasteiger partial charge in [0.1, 0.15) is 5.75 Å². The van der Waals surface area contributed by atoms with Gasteiger partial charge in [0.15, 0.2) is 0 Å². The van der Waals surface area contributed by atoms with Gasteiger partial charge in [-0.25, -0.2) is 4.79 Å². The lowest BCUT2D eigenvalue weighted by atomic mass is 10.1. The summed E-state index contributed by atoms with van der Waals surface area (Å²) in [5.74, 6) is 0.610. The molecule has 2 N–H and O–H groups in total. The van der Waals surface area contributed by atoms with Gasteiger partial charge in [0.05, 0.1) is 11.1 Å². The molecule has 5 heteroatoms. The Balaban J connectivity index is 2.71. The van der Waals surface area contributed by atoms with Gasteiger partial charge in [-0.3, -0.25) is 0 Å². The van der Waals surface area contributed by atoms with Crippen LogP contribution in [0.3, 0.4) is 0 Å². The van der Waals surface area contributed by atoms with Crippen molar-refractivity contribution in [3.8, 4) is 5.75 Å². The first-order chi connectivity index (χ1) is 8.67. The van der Waals surface area contributed by atoms with Gasteiger partial charge in [0.2, 0.25) is 0 Å². The lowest BCUT2D eigenvalue weighted by Gasteiger charge is -2.21. The molecule has 1 aromatic rings. The summed E-state index contributed by atoms with van der Waals surface area (Å²) in [6, 6.07) is 4.91. The van der Waals surface area contributed by atoms with Crippen LogP contribution in [0.15, 0.2) is 18.2 Å². The molecule has 0 aliphatic heterocycles. The molecule has 0 atom stereocenters. The fraction of sp³-hybridized carbons (Fsp3) is 0.500. The average molecular weight is 285 g/mol. The lowest BCUT2D eigenvalue weighted by Crippen LogP contribution is -2.43. The number of benzene rings is 1. The fourth-order valence-electron chi connectivity index (χ4n) is 1.43. The smallest absolute Gasteiger partial charge is 0.319 e. The van der Waals surface area contributed by atoms with Crippen LogP contribution in [0.2, 0.25) is 5.02 Å². The van der Waals surface area contributed by atoms with E-state index in [0.717, 1.165) is 0 Å². The minimum atomic E-state index is -0.283. The Labute approximate surface area is 119 Å². The molecule has 0 aliphatic carbocycles. The Morgan fingerprint density at radius 3 is 2.42 bits per heavy atom. The largest absolute Gasteiger partial charge is 0.489 e. The number of ether oxygens (including phenoxy) is 1. The first-order valence-electron chi connectivity index (χ1n) is 6.23. The molecule has 1 aromatic carbocycles. The van der Waals surface area contributed by atoms with Crippen LogP contribution in [-0.2, 0) is 0 Å². The molecule has 0 spiro atoms. The summed E-state index contributed by atoms with van der Waals surface area (Å²) in [4.78, 5) is 11.7. The summed E-state index contributed by atoms with van der Waals surface area (Å²) in [6.45, 7) is 9.61. The number of carbonyl (C=O) groups excluding carboxylic acids is 1. The van der Waals surface area contributed by atoms with Crippen molar-refractivity contribution in [1.82, 2.24) is 5.32 Å². The Bertz CT molecular complexity index is 453. The van der Waals surface area contributed by atoms with E-state index in [1.165, 1.54) is 0 Å². The minimum Gasteiger partial charge on any atom is -0.489 e. The highest BCUT2D eigenvalue weighted by atomic mass is 35.5. The predicted molar refractivity (Wildman–Crippen MR) is 79.1 cm³/mol. The lowest BCUT2D eigenvalue weighted by molar-refractivity contribution is 0.242. The van der Waals surface area contributed by atoms with Gasteiger partial charge in [0, 0.05) is 11.2 Å². The van der Waals surface area contributed by atoms with E-state index >= 15 is 0 Å². The van der Waals surface area contributed by atoms with Crippen LogP contribution < -0.4 is 15.4 Å². The molecule has 2 amide bonds. The molecule has 0 unspecified atom stereocenters. The van der Waals surface area contributed by atoms with Gasteiger partial charge in [-0.1, -0.05) is 11.6 Å². The molecule has 0 fully saturated rings. The first-order valence-corrected chi connectivity index (χ1v) is 6.60. The summed E-state index contributed by atoms with van der Waals surface area (Å²) in [7, 11) is 0. The van der Waals surface area contributed by atoms with Crippen LogP contribution >= 0.6 is 11.6 Å². The number of amides is 2. The Hall–Kier alpha value is -1.42. The number of carbonyl (C=O) groups is 1. The SMILES string of the molecule is CC(C)Oc1ccc(NC(=O)NC(C)(C)C)cc1Cl. The quantitative estimate of drug-likeness (QED) is 0.880. The zero-order valence-corrected chi connectivity index (χ0v) is 12.8. The van der Waals surface area contributed by atoms with Crippen molar-refractivity contribution in [3.63, 3.8) is 0 Å². The van der Waals surface area contributed by atoms with Gasteiger partial charge < -0.3 is 15.4 Å². The van der Waals surface area contributed by atoms with Crippen LogP contribution in [0.4, 0.5) is 10.5 Å². The summed E-state index contributed by atoms with van der Waals surface area (Å²) < 4.78 is 5.53. The van der Waals surface area contributed by atoms with E-state index in [4.69, 9.17) is 16.3 Å². The first kappa shape index (κ1) is 15.6. The van der Waals surface area contributed by atoms with E-state index in [9.17, 15) is 4.79 Å². The minimum absolute atomic E-state index is 0.0560. The second kappa shape index (κ2) is 6.15. The predicted octanol–water partition coefficient (Wildman–Crippen LogP) is 4.05. The van der Waals surface area contributed by atoms with Crippen molar-refractivity contribution >= 4 is 23.3 Å². The Kier molecular flexibility index (Phi) is 5.06. The summed E-state index contributed by atoms with van der Waals surface area (Å²) in [5.41, 5.74) is 0.344. The van der Waals surface area contributed by atoms with Crippen LogP contribution in [0.25, 0.3) is 0 Å². The second-order valence-electron chi connectivity index (χ2n) is 5.64. The van der Waals surface area contributed by atoms with E-state index in [2.05, 4.69) is 10.6 Å². The van der Waals surface area contributed by atoms with E-state index in [0.29, 0.717) is 16.5 Å². The third-order valence-electron chi connectivity index (χ3n) is 2.04. The topological polar surface area (TPSA) is 50.4 Å². The second-order valence-corrected chi connectivity index (χ2v) is 6.05. The van der Waals surface area contributed by atoms with Crippen molar-refractivity contribution in [1.29, 1.82) is 0 Å². The van der Waals surface area contributed by atoms with Gasteiger partial charge >= 0.3 is 6.03 Å². The van der Waals surface area contributed by atoms with Crippen molar-refractivity contribution in [3.05, 3.63) is 23.2 Å². The molecular formula is C14H21ClN2O2. The molecule has 0 aromatic heterocycles. The van der Waals surface area contributed by atoms with Crippen molar-refractivity contribution in [2.24, 2.45) is 0 Å². The van der Waals surface area contributed by atoms with Crippen molar-refractivity contribution in [2.75, 3.05) is 5.32 Å². The third-order valence-corrected chi connectivity index (χ3v) is 2.34. The van der Waals surface area contributed by atoms with E-state index in [-0.39, 0.29) is 17.7 Å². The van der Waals surface area contributed by atoms with Crippen molar-refractivity contribution in [2.45, 2.75) is 46.3 Å². The molecule has 0 saturated heterocycles. The number of rotatable bonds is 3. The molecule has 106 valence electrons. The van der Waals surface area contributed by atoms with Crippen LogP contribution in [0.1, 0.15) is 34.6 Å². The van der Waals surface area contributed by atoms with Crippen molar-refractivity contribution < 1.29 is 9.53 Å². The molecule has 4 nitrogen and oxygen atoms in total. The molecule has 1 rings (SSSR count). The van der Waals surface area contributed by atoms with Crippen LogP contribution in [0, 0.1) is 0 Å². The maximum absolute atomic E-state index is 11.7. The van der Waals surface area contributed by atoms with Gasteiger partial charge in [0.25, 0.3) is 0 Å². The molecule has 0 aliphatic rings.